The standard InChI is InChI=1S/C11H11I3N2O3/c1-3-19-11(18)5-6(12)9(15)8(14)10(7(5)13)16-4(2)17/h3,15H2,1-2H3,(H,16,17). The predicted molar refractivity (Wildman–Crippen MR) is 99.3 cm³/mol. The van der Waals surface area contributed by atoms with E-state index < -0.39 is 5.97 Å². The van der Waals surface area contributed by atoms with Gasteiger partial charge in [0.2, 0.25) is 5.91 Å². The Bertz CT molecular complexity index is 547. The first kappa shape index (κ1) is 17.2. The number of carbonyl (C=O) groups excluding carboxylic acids is 2. The van der Waals surface area contributed by atoms with Crippen molar-refractivity contribution in [3.05, 3.63) is 16.3 Å². The molecular weight excluding hydrogens is 589 g/mol. The summed E-state index contributed by atoms with van der Waals surface area (Å²) < 4.78 is 7.01. The molecule has 0 heterocycles. The van der Waals surface area contributed by atoms with Crippen LogP contribution in [0.2, 0.25) is 0 Å². The van der Waals surface area contributed by atoms with Gasteiger partial charge in [-0.15, -0.1) is 0 Å². The molecule has 0 aliphatic rings. The van der Waals surface area contributed by atoms with Crippen LogP contribution in [0.4, 0.5) is 11.4 Å². The van der Waals surface area contributed by atoms with Gasteiger partial charge in [-0.05, 0) is 74.7 Å². The van der Waals surface area contributed by atoms with Gasteiger partial charge in [-0.3, -0.25) is 4.79 Å². The number of hydrogen-bond acceptors (Lipinski definition) is 4. The molecule has 1 rings (SSSR count). The molecule has 0 aromatic heterocycles. The van der Waals surface area contributed by atoms with Crippen LogP contribution in [-0.4, -0.2) is 18.5 Å². The normalized spacial score (nSPS) is 10.2. The van der Waals surface area contributed by atoms with Gasteiger partial charge in [-0.2, -0.15) is 0 Å². The van der Waals surface area contributed by atoms with Crippen molar-refractivity contribution < 1.29 is 14.3 Å². The van der Waals surface area contributed by atoms with E-state index in [0.717, 1.165) is 3.57 Å². The van der Waals surface area contributed by atoms with Gasteiger partial charge < -0.3 is 15.8 Å². The van der Waals surface area contributed by atoms with Gasteiger partial charge in [-0.25, -0.2) is 4.79 Å². The smallest absolute Gasteiger partial charge is 0.340 e. The number of benzene rings is 1. The van der Waals surface area contributed by atoms with Gasteiger partial charge in [0, 0.05) is 6.92 Å². The molecule has 8 heteroatoms. The minimum absolute atomic E-state index is 0.216. The number of rotatable bonds is 3. The third kappa shape index (κ3) is 3.83. The van der Waals surface area contributed by atoms with E-state index >= 15 is 0 Å². The second-order valence-electron chi connectivity index (χ2n) is 3.51. The number of esters is 1. The SMILES string of the molecule is CCOC(=O)c1c(I)c(N)c(I)c(NC(C)=O)c1I. The van der Waals surface area contributed by atoms with Crippen molar-refractivity contribution in [1.82, 2.24) is 0 Å². The van der Waals surface area contributed by atoms with Crippen molar-refractivity contribution in [2.24, 2.45) is 0 Å². The van der Waals surface area contributed by atoms with Crippen molar-refractivity contribution in [2.45, 2.75) is 13.8 Å². The maximum atomic E-state index is 12.0. The molecule has 5 nitrogen and oxygen atoms in total. The van der Waals surface area contributed by atoms with E-state index in [4.69, 9.17) is 10.5 Å². The Kier molecular flexibility index (Phi) is 6.56. The molecule has 19 heavy (non-hydrogen) atoms. The summed E-state index contributed by atoms with van der Waals surface area (Å²) in [4.78, 5) is 23.2. The number of nitrogen functional groups attached to an aromatic ring is 1. The number of nitrogens with two attached hydrogens (primary N) is 1. The predicted octanol–water partition coefficient (Wildman–Crippen LogP) is 3.22. The van der Waals surface area contributed by atoms with Gasteiger partial charge in [-0.1, -0.05) is 0 Å². The lowest BCUT2D eigenvalue weighted by Gasteiger charge is -2.16. The topological polar surface area (TPSA) is 81.4 Å². The minimum atomic E-state index is -0.439. The molecule has 0 aliphatic carbocycles. The van der Waals surface area contributed by atoms with Crippen LogP contribution in [0.5, 0.6) is 0 Å². The average molecular weight is 600 g/mol. The third-order valence-electron chi connectivity index (χ3n) is 2.13. The number of hydrogen-bond donors (Lipinski definition) is 2. The number of amides is 1. The van der Waals surface area contributed by atoms with Crippen LogP contribution < -0.4 is 11.1 Å². The highest BCUT2D eigenvalue weighted by molar-refractivity contribution is 14.1. The Balaban J connectivity index is 3.51. The second kappa shape index (κ2) is 7.24. The number of anilines is 2. The summed E-state index contributed by atoms with van der Waals surface area (Å²) in [5.41, 5.74) is 7.39. The lowest BCUT2D eigenvalue weighted by molar-refractivity contribution is -0.114. The number of halogens is 3. The van der Waals surface area contributed by atoms with Crippen LogP contribution in [0.25, 0.3) is 0 Å². The zero-order valence-electron chi connectivity index (χ0n) is 10.1. The highest BCUT2D eigenvalue weighted by Crippen LogP contribution is 2.37. The van der Waals surface area contributed by atoms with E-state index in [1.807, 2.05) is 67.8 Å². The van der Waals surface area contributed by atoms with Crippen molar-refractivity contribution in [2.75, 3.05) is 17.7 Å². The second-order valence-corrected chi connectivity index (χ2v) is 6.74. The van der Waals surface area contributed by atoms with Crippen molar-refractivity contribution in [3.8, 4) is 0 Å². The monoisotopic (exact) mass is 600 g/mol. The number of ether oxygens (including phenoxy) is 1. The van der Waals surface area contributed by atoms with Gasteiger partial charge in [0.1, 0.15) is 0 Å². The number of nitrogens with one attached hydrogen (secondary N) is 1. The average Bonchev–Trinajstić information content (AvgIpc) is 2.32. The highest BCUT2D eigenvalue weighted by Gasteiger charge is 2.24. The van der Waals surface area contributed by atoms with Crippen molar-refractivity contribution in [3.63, 3.8) is 0 Å². The molecule has 1 amide bonds. The van der Waals surface area contributed by atoms with E-state index in [-0.39, 0.29) is 12.5 Å². The molecule has 0 saturated heterocycles. The van der Waals surface area contributed by atoms with Crippen LogP contribution >= 0.6 is 67.8 Å². The van der Waals surface area contributed by atoms with Crippen molar-refractivity contribution in [1.29, 1.82) is 0 Å². The van der Waals surface area contributed by atoms with E-state index in [2.05, 4.69) is 5.32 Å². The van der Waals surface area contributed by atoms with Crippen LogP contribution in [0.15, 0.2) is 0 Å². The molecule has 0 spiro atoms. The largest absolute Gasteiger partial charge is 0.462 e. The van der Waals surface area contributed by atoms with E-state index in [9.17, 15) is 9.59 Å². The molecule has 0 radical (unpaired) electrons. The molecule has 0 fully saturated rings. The lowest BCUT2D eigenvalue weighted by Crippen LogP contribution is -2.17. The summed E-state index contributed by atoms with van der Waals surface area (Å²) in [6.07, 6.45) is 0. The highest BCUT2D eigenvalue weighted by atomic mass is 127. The Morgan fingerprint density at radius 2 is 1.79 bits per heavy atom. The van der Waals surface area contributed by atoms with Gasteiger partial charge in [0.05, 0.1) is 34.3 Å². The third-order valence-corrected chi connectivity index (χ3v) is 5.45. The number of carbonyl (C=O) groups is 2. The molecule has 104 valence electrons. The first-order valence-corrected chi connectivity index (χ1v) is 8.45. The fraction of sp³-hybridized carbons (Fsp3) is 0.273. The van der Waals surface area contributed by atoms with Gasteiger partial charge in [0.15, 0.2) is 0 Å². The van der Waals surface area contributed by atoms with Crippen molar-refractivity contribution >= 4 is 91.0 Å². The maximum Gasteiger partial charge on any atom is 0.340 e. The zero-order chi connectivity index (χ0) is 14.7. The van der Waals surface area contributed by atoms with E-state index in [1.165, 1.54) is 6.92 Å². The molecule has 0 aliphatic heterocycles. The minimum Gasteiger partial charge on any atom is -0.462 e. The van der Waals surface area contributed by atoms with Gasteiger partial charge >= 0.3 is 5.97 Å². The Labute approximate surface area is 151 Å². The lowest BCUT2D eigenvalue weighted by atomic mass is 10.1. The fourth-order valence-electron chi connectivity index (χ4n) is 1.35. The van der Waals surface area contributed by atoms with Gasteiger partial charge in [0.25, 0.3) is 0 Å². The summed E-state index contributed by atoms with van der Waals surface area (Å²) in [7, 11) is 0. The molecule has 0 saturated carbocycles. The summed E-state index contributed by atoms with van der Waals surface area (Å²) >= 11 is 6.08. The summed E-state index contributed by atoms with van der Waals surface area (Å²) in [5, 5.41) is 2.70. The first-order chi connectivity index (χ1) is 8.81. The van der Waals surface area contributed by atoms with Crippen LogP contribution in [0.3, 0.4) is 0 Å². The zero-order valence-corrected chi connectivity index (χ0v) is 16.6. The molecule has 1 aromatic rings. The maximum absolute atomic E-state index is 12.0. The summed E-state index contributed by atoms with van der Waals surface area (Å²) in [6.45, 7) is 3.43. The van der Waals surface area contributed by atoms with E-state index in [0.29, 0.717) is 24.1 Å². The Hall–Kier alpha value is 0.150. The Morgan fingerprint density at radius 3 is 2.26 bits per heavy atom. The Morgan fingerprint density at radius 1 is 1.21 bits per heavy atom. The molecule has 0 atom stereocenters. The first-order valence-electron chi connectivity index (χ1n) is 5.21. The van der Waals surface area contributed by atoms with Crippen LogP contribution in [-0.2, 0) is 9.53 Å². The molecule has 3 N–H and O–H groups in total. The molecule has 0 bridgehead atoms. The van der Waals surface area contributed by atoms with Crippen LogP contribution in [0.1, 0.15) is 24.2 Å². The fourth-order valence-corrected chi connectivity index (χ4v) is 5.23. The van der Waals surface area contributed by atoms with E-state index in [1.54, 1.807) is 6.92 Å². The van der Waals surface area contributed by atoms with Crippen LogP contribution in [0, 0.1) is 10.7 Å². The quantitative estimate of drug-likeness (QED) is 0.318. The summed E-state index contributed by atoms with van der Waals surface area (Å²) in [6, 6.07) is 0. The molecule has 1 aromatic carbocycles. The molecule has 0 unspecified atom stereocenters. The summed E-state index contributed by atoms with van der Waals surface area (Å²) in [5.74, 6) is -0.655. The molecular formula is C11H11I3N2O3.